The van der Waals surface area contributed by atoms with E-state index in [1.807, 2.05) is 23.4 Å². The highest BCUT2D eigenvalue weighted by atomic mass is 79.9. The van der Waals surface area contributed by atoms with Gasteiger partial charge in [-0.05, 0) is 48.1 Å². The quantitative estimate of drug-likeness (QED) is 0.830. The standard InChI is InChI=1S/C15H15BrF2N2OS/c1-9(20(2)7-12-5-10(16)8-22-12)15(21)19-14-4-3-11(17)6-13(14)18/h3-6,8-9H,7H2,1-2H3,(H,19,21). The molecule has 118 valence electrons. The van der Waals surface area contributed by atoms with Crippen LogP contribution in [0.2, 0.25) is 0 Å². The molecule has 7 heteroatoms. The van der Waals surface area contributed by atoms with Gasteiger partial charge in [-0.15, -0.1) is 11.3 Å². The van der Waals surface area contributed by atoms with Gasteiger partial charge in [-0.3, -0.25) is 9.69 Å². The van der Waals surface area contributed by atoms with E-state index in [0.29, 0.717) is 6.54 Å². The minimum absolute atomic E-state index is 0.0227. The molecule has 0 bridgehead atoms. The van der Waals surface area contributed by atoms with Gasteiger partial charge in [0, 0.05) is 27.3 Å². The molecule has 0 saturated carbocycles. The molecule has 2 aromatic rings. The lowest BCUT2D eigenvalue weighted by Gasteiger charge is -2.23. The van der Waals surface area contributed by atoms with Crippen molar-refractivity contribution in [3.05, 3.63) is 50.6 Å². The van der Waals surface area contributed by atoms with Gasteiger partial charge in [0.05, 0.1) is 11.7 Å². The fourth-order valence-electron chi connectivity index (χ4n) is 1.85. The number of amides is 1. The largest absolute Gasteiger partial charge is 0.322 e. The summed E-state index contributed by atoms with van der Waals surface area (Å²) >= 11 is 4.98. The number of halogens is 3. The Kier molecular flexibility index (Phi) is 5.66. The first kappa shape index (κ1) is 17.1. The molecule has 2 rings (SSSR count). The van der Waals surface area contributed by atoms with Crippen molar-refractivity contribution in [2.75, 3.05) is 12.4 Å². The van der Waals surface area contributed by atoms with E-state index in [1.165, 1.54) is 6.07 Å². The second-order valence-corrected chi connectivity index (χ2v) is 6.85. The van der Waals surface area contributed by atoms with Crippen LogP contribution >= 0.6 is 27.3 Å². The zero-order chi connectivity index (χ0) is 16.3. The molecule has 3 nitrogen and oxygen atoms in total. The molecule has 0 spiro atoms. The van der Waals surface area contributed by atoms with Crippen molar-refractivity contribution >= 4 is 38.9 Å². The summed E-state index contributed by atoms with van der Waals surface area (Å²) in [6.07, 6.45) is 0. The molecule has 0 saturated heterocycles. The predicted octanol–water partition coefficient (Wildman–Crippen LogP) is 4.25. The highest BCUT2D eigenvalue weighted by molar-refractivity contribution is 9.10. The van der Waals surface area contributed by atoms with Gasteiger partial charge in [0.15, 0.2) is 0 Å². The van der Waals surface area contributed by atoms with Crippen molar-refractivity contribution in [2.45, 2.75) is 19.5 Å². The average molecular weight is 389 g/mol. The van der Waals surface area contributed by atoms with Crippen LogP contribution in [0, 0.1) is 11.6 Å². The second-order valence-electron chi connectivity index (χ2n) is 4.94. The van der Waals surface area contributed by atoms with Crippen LogP contribution in [0.3, 0.4) is 0 Å². The van der Waals surface area contributed by atoms with Gasteiger partial charge in [0.2, 0.25) is 5.91 Å². The van der Waals surface area contributed by atoms with Crippen LogP contribution in [0.4, 0.5) is 14.5 Å². The van der Waals surface area contributed by atoms with E-state index in [-0.39, 0.29) is 11.6 Å². The molecular weight excluding hydrogens is 374 g/mol. The first-order valence-corrected chi connectivity index (χ1v) is 8.23. The summed E-state index contributed by atoms with van der Waals surface area (Å²) in [5.41, 5.74) is -0.0227. The van der Waals surface area contributed by atoms with Gasteiger partial charge in [-0.2, -0.15) is 0 Å². The summed E-state index contributed by atoms with van der Waals surface area (Å²) in [7, 11) is 1.82. The first-order valence-electron chi connectivity index (χ1n) is 6.56. The van der Waals surface area contributed by atoms with Crippen molar-refractivity contribution < 1.29 is 13.6 Å². The number of nitrogens with one attached hydrogen (secondary N) is 1. The Morgan fingerprint density at radius 3 is 2.73 bits per heavy atom. The second kappa shape index (κ2) is 7.30. The van der Waals surface area contributed by atoms with Crippen molar-refractivity contribution in [3.8, 4) is 0 Å². The summed E-state index contributed by atoms with van der Waals surface area (Å²) in [5.74, 6) is -1.81. The Hall–Kier alpha value is -1.31. The number of likely N-dealkylation sites (N-methyl/N-ethyl adjacent to an activating group) is 1. The Morgan fingerprint density at radius 2 is 2.14 bits per heavy atom. The van der Waals surface area contributed by atoms with Crippen LogP contribution in [0.15, 0.2) is 34.1 Å². The van der Waals surface area contributed by atoms with Crippen molar-refractivity contribution in [1.29, 1.82) is 0 Å². The van der Waals surface area contributed by atoms with E-state index >= 15 is 0 Å². The number of hydrogen-bond donors (Lipinski definition) is 1. The number of carbonyl (C=O) groups excluding carboxylic acids is 1. The molecule has 0 radical (unpaired) electrons. The van der Waals surface area contributed by atoms with E-state index in [0.717, 1.165) is 21.5 Å². The lowest BCUT2D eigenvalue weighted by atomic mass is 10.2. The molecule has 1 N–H and O–H groups in total. The molecule has 1 atom stereocenters. The number of rotatable bonds is 5. The number of anilines is 1. The van der Waals surface area contributed by atoms with E-state index in [2.05, 4.69) is 21.2 Å². The van der Waals surface area contributed by atoms with Crippen LogP contribution in [0.5, 0.6) is 0 Å². The van der Waals surface area contributed by atoms with Crippen LogP contribution in [-0.2, 0) is 11.3 Å². The van der Waals surface area contributed by atoms with Gasteiger partial charge in [0.1, 0.15) is 11.6 Å². The molecule has 1 aromatic heterocycles. The molecule has 0 aliphatic heterocycles. The van der Waals surface area contributed by atoms with Gasteiger partial charge in [0.25, 0.3) is 0 Å². The predicted molar refractivity (Wildman–Crippen MR) is 87.9 cm³/mol. The van der Waals surface area contributed by atoms with E-state index in [4.69, 9.17) is 0 Å². The van der Waals surface area contributed by atoms with E-state index < -0.39 is 17.7 Å². The smallest absolute Gasteiger partial charge is 0.241 e. The van der Waals surface area contributed by atoms with Gasteiger partial charge >= 0.3 is 0 Å². The van der Waals surface area contributed by atoms with Crippen molar-refractivity contribution in [2.24, 2.45) is 0 Å². The minimum atomic E-state index is -0.787. The third-order valence-electron chi connectivity index (χ3n) is 3.26. The summed E-state index contributed by atoms with van der Waals surface area (Å²) < 4.78 is 27.4. The lowest BCUT2D eigenvalue weighted by Crippen LogP contribution is -2.39. The number of hydrogen-bond acceptors (Lipinski definition) is 3. The maximum Gasteiger partial charge on any atom is 0.241 e. The SMILES string of the molecule is CC(C(=O)Nc1ccc(F)cc1F)N(C)Cc1cc(Br)cs1. The zero-order valence-corrected chi connectivity index (χ0v) is 14.5. The third kappa shape index (κ3) is 4.34. The number of benzene rings is 1. The molecule has 1 unspecified atom stereocenters. The third-order valence-corrected chi connectivity index (χ3v) is 4.94. The summed E-state index contributed by atoms with van der Waals surface area (Å²) in [6.45, 7) is 2.34. The minimum Gasteiger partial charge on any atom is -0.322 e. The van der Waals surface area contributed by atoms with Gasteiger partial charge < -0.3 is 5.32 Å². The molecule has 0 aliphatic rings. The first-order chi connectivity index (χ1) is 10.4. The fourth-order valence-corrected chi connectivity index (χ4v) is 3.36. The molecule has 0 aliphatic carbocycles. The van der Waals surface area contributed by atoms with Crippen LogP contribution < -0.4 is 5.32 Å². The van der Waals surface area contributed by atoms with Crippen molar-refractivity contribution in [1.82, 2.24) is 4.90 Å². The normalized spacial score (nSPS) is 12.5. The summed E-state index contributed by atoms with van der Waals surface area (Å²) in [5, 5.41) is 4.45. The Balaban J connectivity index is 1.98. The fraction of sp³-hybridized carbons (Fsp3) is 0.267. The molecular formula is C15H15BrF2N2OS. The summed E-state index contributed by atoms with van der Waals surface area (Å²) in [6, 6.07) is 4.60. The Morgan fingerprint density at radius 1 is 1.41 bits per heavy atom. The van der Waals surface area contributed by atoms with E-state index in [1.54, 1.807) is 18.3 Å². The molecule has 1 aromatic carbocycles. The number of nitrogens with zero attached hydrogens (tertiary/aromatic N) is 1. The van der Waals surface area contributed by atoms with Crippen LogP contribution in [0.1, 0.15) is 11.8 Å². The van der Waals surface area contributed by atoms with Crippen LogP contribution in [0.25, 0.3) is 0 Å². The lowest BCUT2D eigenvalue weighted by molar-refractivity contribution is -0.120. The molecule has 1 amide bonds. The topological polar surface area (TPSA) is 32.3 Å². The zero-order valence-electron chi connectivity index (χ0n) is 12.1. The maximum atomic E-state index is 13.6. The molecule has 1 heterocycles. The van der Waals surface area contributed by atoms with Gasteiger partial charge in [-0.25, -0.2) is 8.78 Å². The van der Waals surface area contributed by atoms with Crippen molar-refractivity contribution in [3.63, 3.8) is 0 Å². The number of thiophene rings is 1. The van der Waals surface area contributed by atoms with Crippen LogP contribution in [-0.4, -0.2) is 23.9 Å². The monoisotopic (exact) mass is 388 g/mol. The maximum absolute atomic E-state index is 13.6. The van der Waals surface area contributed by atoms with E-state index in [9.17, 15) is 13.6 Å². The highest BCUT2D eigenvalue weighted by Crippen LogP contribution is 2.22. The average Bonchev–Trinajstić information content (AvgIpc) is 2.86. The molecule has 22 heavy (non-hydrogen) atoms. The number of carbonyl (C=O) groups is 1. The Labute approximate surface area is 140 Å². The Bertz CT molecular complexity index is 677. The van der Waals surface area contributed by atoms with Gasteiger partial charge in [-0.1, -0.05) is 0 Å². The summed E-state index contributed by atoms with van der Waals surface area (Å²) in [4.78, 5) is 15.1. The highest BCUT2D eigenvalue weighted by Gasteiger charge is 2.20. The molecule has 0 fully saturated rings.